The smallest absolute Gasteiger partial charge is 0.255 e. The predicted molar refractivity (Wildman–Crippen MR) is 67.2 cm³/mol. The van der Waals surface area contributed by atoms with Crippen molar-refractivity contribution < 1.29 is 4.79 Å². The number of carbonyl (C=O) groups is 1. The standard InChI is InChI=1S/C11H10BrNOS/c1-3-6-13(2)11(14)9-5-4-8(12)7-10(9)15/h1,4-5,7,15H,6H2,2H3. The van der Waals surface area contributed by atoms with Crippen molar-refractivity contribution in [1.82, 2.24) is 4.90 Å². The normalized spacial score (nSPS) is 9.47. The van der Waals surface area contributed by atoms with Crippen LogP contribution in [0.15, 0.2) is 27.6 Å². The molecule has 15 heavy (non-hydrogen) atoms. The summed E-state index contributed by atoms with van der Waals surface area (Å²) in [5.41, 5.74) is 0.555. The van der Waals surface area contributed by atoms with Crippen molar-refractivity contribution in [2.75, 3.05) is 13.6 Å². The Labute approximate surface area is 103 Å². The minimum absolute atomic E-state index is 0.120. The zero-order valence-electron chi connectivity index (χ0n) is 8.20. The molecule has 0 saturated carbocycles. The molecule has 78 valence electrons. The van der Waals surface area contributed by atoms with Crippen LogP contribution in [0.3, 0.4) is 0 Å². The number of benzene rings is 1. The lowest BCUT2D eigenvalue weighted by Crippen LogP contribution is -2.27. The van der Waals surface area contributed by atoms with Crippen LogP contribution in [0.4, 0.5) is 0 Å². The second-order valence-electron chi connectivity index (χ2n) is 3.03. The molecule has 1 amide bonds. The summed E-state index contributed by atoms with van der Waals surface area (Å²) in [4.78, 5) is 13.9. The summed E-state index contributed by atoms with van der Waals surface area (Å²) in [7, 11) is 1.66. The van der Waals surface area contributed by atoms with Gasteiger partial charge in [-0.15, -0.1) is 19.1 Å². The minimum atomic E-state index is -0.120. The Bertz CT molecular complexity index is 425. The highest BCUT2D eigenvalue weighted by Crippen LogP contribution is 2.20. The summed E-state index contributed by atoms with van der Waals surface area (Å²) in [6, 6.07) is 5.30. The van der Waals surface area contributed by atoms with E-state index in [1.165, 1.54) is 4.90 Å². The van der Waals surface area contributed by atoms with Crippen molar-refractivity contribution >= 4 is 34.5 Å². The van der Waals surface area contributed by atoms with E-state index < -0.39 is 0 Å². The van der Waals surface area contributed by atoms with E-state index in [1.807, 2.05) is 0 Å². The van der Waals surface area contributed by atoms with Crippen LogP contribution in [0.1, 0.15) is 10.4 Å². The van der Waals surface area contributed by atoms with Crippen molar-refractivity contribution in [3.8, 4) is 12.3 Å². The summed E-state index contributed by atoms with van der Waals surface area (Å²) >= 11 is 7.55. The Kier molecular flexibility index (Phi) is 4.25. The van der Waals surface area contributed by atoms with Crippen LogP contribution in [0.5, 0.6) is 0 Å². The summed E-state index contributed by atoms with van der Waals surface area (Å²) in [5.74, 6) is 2.30. The first-order chi connectivity index (χ1) is 7.06. The zero-order valence-corrected chi connectivity index (χ0v) is 10.7. The van der Waals surface area contributed by atoms with Crippen LogP contribution in [-0.4, -0.2) is 24.4 Å². The van der Waals surface area contributed by atoms with Gasteiger partial charge in [-0.25, -0.2) is 0 Å². The third-order valence-corrected chi connectivity index (χ3v) is 2.73. The van der Waals surface area contributed by atoms with E-state index in [-0.39, 0.29) is 5.91 Å². The fourth-order valence-electron chi connectivity index (χ4n) is 1.10. The lowest BCUT2D eigenvalue weighted by molar-refractivity contribution is 0.0809. The molecule has 0 atom stereocenters. The molecular formula is C11H10BrNOS. The van der Waals surface area contributed by atoms with E-state index in [9.17, 15) is 4.79 Å². The van der Waals surface area contributed by atoms with Gasteiger partial charge in [-0.05, 0) is 18.2 Å². The fraction of sp³-hybridized carbons (Fsp3) is 0.182. The minimum Gasteiger partial charge on any atom is -0.331 e. The van der Waals surface area contributed by atoms with Crippen molar-refractivity contribution in [2.24, 2.45) is 0 Å². The molecule has 0 saturated heterocycles. The Morgan fingerprint density at radius 2 is 2.33 bits per heavy atom. The van der Waals surface area contributed by atoms with Gasteiger partial charge in [-0.2, -0.15) is 0 Å². The van der Waals surface area contributed by atoms with Crippen LogP contribution in [0, 0.1) is 12.3 Å². The van der Waals surface area contributed by atoms with E-state index in [1.54, 1.807) is 25.2 Å². The number of amides is 1. The SMILES string of the molecule is C#CCN(C)C(=O)c1ccc(Br)cc1S. The molecular weight excluding hydrogens is 274 g/mol. The molecule has 0 unspecified atom stereocenters. The number of halogens is 1. The Morgan fingerprint density at radius 3 is 2.87 bits per heavy atom. The van der Waals surface area contributed by atoms with Crippen LogP contribution < -0.4 is 0 Å². The number of carbonyl (C=O) groups excluding carboxylic acids is 1. The molecule has 0 heterocycles. The molecule has 0 aliphatic carbocycles. The van der Waals surface area contributed by atoms with Gasteiger partial charge in [0.25, 0.3) is 5.91 Å². The fourth-order valence-corrected chi connectivity index (χ4v) is 1.95. The first-order valence-corrected chi connectivity index (χ1v) is 5.47. The maximum absolute atomic E-state index is 11.8. The molecule has 4 heteroatoms. The maximum atomic E-state index is 11.8. The molecule has 0 aliphatic heterocycles. The highest BCUT2D eigenvalue weighted by Gasteiger charge is 2.13. The van der Waals surface area contributed by atoms with Crippen LogP contribution >= 0.6 is 28.6 Å². The number of terminal acetylenes is 1. The quantitative estimate of drug-likeness (QED) is 0.653. The van der Waals surface area contributed by atoms with Crippen molar-refractivity contribution in [1.29, 1.82) is 0 Å². The molecule has 0 N–H and O–H groups in total. The third kappa shape index (κ3) is 3.01. The van der Waals surface area contributed by atoms with Crippen molar-refractivity contribution in [3.63, 3.8) is 0 Å². The highest BCUT2D eigenvalue weighted by atomic mass is 79.9. The van der Waals surface area contributed by atoms with E-state index in [4.69, 9.17) is 6.42 Å². The first-order valence-electron chi connectivity index (χ1n) is 4.23. The maximum Gasteiger partial charge on any atom is 0.255 e. The Balaban J connectivity index is 2.97. The number of thiol groups is 1. The van der Waals surface area contributed by atoms with Gasteiger partial charge in [0.2, 0.25) is 0 Å². The van der Waals surface area contributed by atoms with E-state index in [0.717, 1.165) is 4.47 Å². The van der Waals surface area contributed by atoms with Crippen molar-refractivity contribution in [3.05, 3.63) is 28.2 Å². The Hall–Kier alpha value is -0.920. The van der Waals surface area contributed by atoms with Gasteiger partial charge in [-0.1, -0.05) is 21.9 Å². The van der Waals surface area contributed by atoms with Gasteiger partial charge in [0.05, 0.1) is 12.1 Å². The van der Waals surface area contributed by atoms with E-state index in [0.29, 0.717) is 17.0 Å². The number of nitrogens with zero attached hydrogens (tertiary/aromatic N) is 1. The van der Waals surface area contributed by atoms with Crippen molar-refractivity contribution in [2.45, 2.75) is 4.90 Å². The van der Waals surface area contributed by atoms with Gasteiger partial charge in [0.1, 0.15) is 0 Å². The topological polar surface area (TPSA) is 20.3 Å². The van der Waals surface area contributed by atoms with Crippen LogP contribution in [0.25, 0.3) is 0 Å². The monoisotopic (exact) mass is 283 g/mol. The molecule has 0 spiro atoms. The first kappa shape index (κ1) is 12.2. The molecule has 0 aromatic heterocycles. The highest BCUT2D eigenvalue weighted by molar-refractivity contribution is 9.10. The molecule has 1 rings (SSSR count). The molecule has 0 radical (unpaired) electrons. The number of hydrogen-bond acceptors (Lipinski definition) is 2. The summed E-state index contributed by atoms with van der Waals surface area (Å²) in [5, 5.41) is 0. The van der Waals surface area contributed by atoms with Gasteiger partial charge < -0.3 is 4.90 Å². The third-order valence-electron chi connectivity index (χ3n) is 1.87. The number of hydrogen-bond donors (Lipinski definition) is 1. The zero-order chi connectivity index (χ0) is 11.4. The van der Waals surface area contributed by atoms with Crippen LogP contribution in [-0.2, 0) is 0 Å². The molecule has 2 nitrogen and oxygen atoms in total. The Morgan fingerprint density at radius 1 is 1.67 bits per heavy atom. The molecule has 1 aromatic carbocycles. The van der Waals surface area contributed by atoms with Crippen LogP contribution in [0.2, 0.25) is 0 Å². The molecule has 1 aromatic rings. The summed E-state index contributed by atoms with van der Waals surface area (Å²) in [6.07, 6.45) is 5.14. The average molecular weight is 284 g/mol. The number of rotatable bonds is 2. The van der Waals surface area contributed by atoms with E-state index >= 15 is 0 Å². The van der Waals surface area contributed by atoms with Gasteiger partial charge in [0.15, 0.2) is 0 Å². The van der Waals surface area contributed by atoms with Gasteiger partial charge >= 0.3 is 0 Å². The average Bonchev–Trinajstić information content (AvgIpc) is 2.17. The summed E-state index contributed by atoms with van der Waals surface area (Å²) < 4.78 is 0.892. The lowest BCUT2D eigenvalue weighted by Gasteiger charge is -2.15. The predicted octanol–water partition coefficient (Wildman–Crippen LogP) is 2.44. The molecule has 0 aliphatic rings. The largest absolute Gasteiger partial charge is 0.331 e. The van der Waals surface area contributed by atoms with Gasteiger partial charge in [0, 0.05) is 16.4 Å². The van der Waals surface area contributed by atoms with Gasteiger partial charge in [-0.3, -0.25) is 4.79 Å². The summed E-state index contributed by atoms with van der Waals surface area (Å²) in [6.45, 7) is 0.294. The van der Waals surface area contributed by atoms with E-state index in [2.05, 4.69) is 34.5 Å². The molecule has 0 fully saturated rings. The second-order valence-corrected chi connectivity index (χ2v) is 4.42. The molecule has 0 bridgehead atoms. The lowest BCUT2D eigenvalue weighted by atomic mass is 10.2. The second kappa shape index (κ2) is 5.24.